The summed E-state index contributed by atoms with van der Waals surface area (Å²) in [7, 11) is 0. The summed E-state index contributed by atoms with van der Waals surface area (Å²) in [6, 6.07) is 7.13. The zero-order valence-electron chi connectivity index (χ0n) is 11.8. The zero-order valence-corrected chi connectivity index (χ0v) is 11.8. The summed E-state index contributed by atoms with van der Waals surface area (Å²) in [6.07, 6.45) is 2.86. The monoisotopic (exact) mass is 274 g/mol. The molecule has 0 bridgehead atoms. The average molecular weight is 274 g/mol. The molecule has 0 aliphatic rings. The van der Waals surface area contributed by atoms with E-state index >= 15 is 0 Å². The molecular weight excluding hydrogens is 256 g/mol. The van der Waals surface area contributed by atoms with Crippen molar-refractivity contribution < 1.29 is 14.6 Å². The van der Waals surface area contributed by atoms with Crippen LogP contribution in [0.4, 0.5) is 4.79 Å². The molecule has 0 fully saturated rings. The molecule has 2 heterocycles. The number of ether oxygens (including phenoxy) is 1. The second-order valence-electron chi connectivity index (χ2n) is 5.44. The molecule has 0 spiro atoms. The van der Waals surface area contributed by atoms with Gasteiger partial charge in [-0.05, 0) is 45.0 Å². The fourth-order valence-corrected chi connectivity index (χ4v) is 1.76. The molecule has 0 aliphatic carbocycles. The Morgan fingerprint density at radius 2 is 2.10 bits per heavy atom. The molecule has 0 radical (unpaired) electrons. The van der Waals surface area contributed by atoms with Gasteiger partial charge in [-0.15, -0.1) is 0 Å². The fourth-order valence-electron chi connectivity index (χ4n) is 1.76. The number of hydrogen-bond acceptors (Lipinski definition) is 4. The molecule has 0 aromatic carbocycles. The maximum absolute atomic E-state index is 12.1. The summed E-state index contributed by atoms with van der Waals surface area (Å²) in [6.45, 7) is 5.37. The Bertz CT molecular complexity index is 594. The molecule has 0 amide bonds. The van der Waals surface area contributed by atoms with Crippen molar-refractivity contribution in [1.82, 2.24) is 9.55 Å². The van der Waals surface area contributed by atoms with Crippen molar-refractivity contribution in [1.29, 1.82) is 0 Å². The molecule has 0 unspecified atom stereocenters. The normalized spacial score (nSPS) is 11.4. The van der Waals surface area contributed by atoms with Gasteiger partial charge in [0.25, 0.3) is 0 Å². The van der Waals surface area contributed by atoms with Gasteiger partial charge in [-0.2, -0.15) is 0 Å². The minimum absolute atomic E-state index is 0.104. The van der Waals surface area contributed by atoms with Crippen LogP contribution in [0.5, 0.6) is 0 Å². The zero-order chi connectivity index (χ0) is 14.8. The number of carbonyl (C=O) groups is 1. The highest BCUT2D eigenvalue weighted by Gasteiger charge is 2.19. The third-order valence-electron chi connectivity index (χ3n) is 2.62. The first-order valence-electron chi connectivity index (χ1n) is 6.37. The van der Waals surface area contributed by atoms with Gasteiger partial charge in [0.1, 0.15) is 5.60 Å². The Labute approximate surface area is 117 Å². The van der Waals surface area contributed by atoms with Crippen molar-refractivity contribution in [3.05, 3.63) is 42.4 Å². The minimum Gasteiger partial charge on any atom is -0.443 e. The molecular formula is C15H18N2O3. The first-order chi connectivity index (χ1) is 9.40. The van der Waals surface area contributed by atoms with E-state index in [2.05, 4.69) is 4.98 Å². The predicted octanol–water partition coefficient (Wildman–Crippen LogP) is 2.83. The summed E-state index contributed by atoms with van der Waals surface area (Å²) >= 11 is 0. The SMILES string of the molecule is CC(C)(C)OC(=O)n1cccc1-c1ccc(CO)nc1. The van der Waals surface area contributed by atoms with Crippen LogP contribution < -0.4 is 0 Å². The number of aromatic nitrogens is 2. The molecule has 0 atom stereocenters. The summed E-state index contributed by atoms with van der Waals surface area (Å²) < 4.78 is 6.80. The van der Waals surface area contributed by atoms with Crippen LogP contribution in [0.15, 0.2) is 36.7 Å². The Morgan fingerprint density at radius 1 is 1.35 bits per heavy atom. The van der Waals surface area contributed by atoms with E-state index in [0.29, 0.717) is 11.4 Å². The lowest BCUT2D eigenvalue weighted by molar-refractivity contribution is 0.0540. The number of hydrogen-bond donors (Lipinski definition) is 1. The van der Waals surface area contributed by atoms with Crippen molar-refractivity contribution >= 4 is 6.09 Å². The van der Waals surface area contributed by atoms with Gasteiger partial charge in [0.2, 0.25) is 0 Å². The van der Waals surface area contributed by atoms with E-state index in [0.717, 1.165) is 5.56 Å². The highest BCUT2D eigenvalue weighted by atomic mass is 16.6. The van der Waals surface area contributed by atoms with Crippen molar-refractivity contribution in [2.45, 2.75) is 33.0 Å². The maximum Gasteiger partial charge on any atom is 0.418 e. The number of aliphatic hydroxyl groups excluding tert-OH is 1. The summed E-state index contributed by atoms with van der Waals surface area (Å²) in [5.74, 6) is 0. The fraction of sp³-hybridized carbons (Fsp3) is 0.333. The first kappa shape index (κ1) is 14.3. The molecule has 2 rings (SSSR count). The van der Waals surface area contributed by atoms with Gasteiger partial charge in [-0.3, -0.25) is 9.55 Å². The standard InChI is InChI=1S/C15H18N2O3/c1-15(2,3)20-14(19)17-8-4-5-13(17)11-6-7-12(10-18)16-9-11/h4-9,18H,10H2,1-3H3. The van der Waals surface area contributed by atoms with Crippen molar-refractivity contribution in [3.63, 3.8) is 0 Å². The molecule has 106 valence electrons. The van der Waals surface area contributed by atoms with Gasteiger partial charge in [-0.1, -0.05) is 0 Å². The largest absolute Gasteiger partial charge is 0.443 e. The molecule has 0 aliphatic heterocycles. The van der Waals surface area contributed by atoms with Crippen LogP contribution >= 0.6 is 0 Å². The van der Waals surface area contributed by atoms with E-state index < -0.39 is 11.7 Å². The van der Waals surface area contributed by atoms with Gasteiger partial charge in [0, 0.05) is 18.0 Å². The van der Waals surface area contributed by atoms with Crippen LogP contribution in [0.1, 0.15) is 26.5 Å². The van der Waals surface area contributed by atoms with Crippen LogP contribution in [-0.2, 0) is 11.3 Å². The topological polar surface area (TPSA) is 64.3 Å². The number of pyridine rings is 1. The Balaban J connectivity index is 2.30. The second-order valence-corrected chi connectivity index (χ2v) is 5.44. The number of aliphatic hydroxyl groups is 1. The first-order valence-corrected chi connectivity index (χ1v) is 6.37. The van der Waals surface area contributed by atoms with Gasteiger partial charge < -0.3 is 9.84 Å². The van der Waals surface area contributed by atoms with Crippen molar-refractivity contribution in [3.8, 4) is 11.3 Å². The van der Waals surface area contributed by atoms with Crippen molar-refractivity contribution in [2.24, 2.45) is 0 Å². The Morgan fingerprint density at radius 3 is 2.65 bits per heavy atom. The molecule has 5 heteroatoms. The minimum atomic E-state index is -0.544. The lowest BCUT2D eigenvalue weighted by atomic mass is 10.2. The average Bonchev–Trinajstić information content (AvgIpc) is 2.86. The molecule has 20 heavy (non-hydrogen) atoms. The molecule has 5 nitrogen and oxygen atoms in total. The van der Waals surface area contributed by atoms with Crippen LogP contribution in [0.2, 0.25) is 0 Å². The van der Waals surface area contributed by atoms with E-state index in [-0.39, 0.29) is 6.61 Å². The van der Waals surface area contributed by atoms with Crippen molar-refractivity contribution in [2.75, 3.05) is 0 Å². The summed E-state index contributed by atoms with van der Waals surface area (Å²) in [4.78, 5) is 16.2. The smallest absolute Gasteiger partial charge is 0.418 e. The highest BCUT2D eigenvalue weighted by Crippen LogP contribution is 2.21. The predicted molar refractivity (Wildman–Crippen MR) is 75.2 cm³/mol. The Kier molecular flexibility index (Phi) is 3.90. The second kappa shape index (κ2) is 5.46. The Hall–Kier alpha value is -2.14. The summed E-state index contributed by atoms with van der Waals surface area (Å²) in [5, 5.41) is 8.99. The third kappa shape index (κ3) is 3.24. The van der Waals surface area contributed by atoms with Gasteiger partial charge in [0.15, 0.2) is 0 Å². The van der Waals surface area contributed by atoms with Gasteiger partial charge in [0.05, 0.1) is 18.0 Å². The van der Waals surface area contributed by atoms with Gasteiger partial charge in [-0.25, -0.2) is 4.79 Å². The quantitative estimate of drug-likeness (QED) is 0.914. The van der Waals surface area contributed by atoms with E-state index in [1.165, 1.54) is 4.57 Å². The van der Waals surface area contributed by atoms with E-state index in [1.54, 1.807) is 24.5 Å². The van der Waals surface area contributed by atoms with Crippen LogP contribution in [-0.4, -0.2) is 26.4 Å². The number of nitrogens with zero attached hydrogens (tertiary/aromatic N) is 2. The molecule has 0 saturated heterocycles. The van der Waals surface area contributed by atoms with E-state index in [1.807, 2.05) is 32.9 Å². The van der Waals surface area contributed by atoms with Crippen LogP contribution in [0, 0.1) is 0 Å². The van der Waals surface area contributed by atoms with E-state index in [9.17, 15) is 4.79 Å². The van der Waals surface area contributed by atoms with Crippen LogP contribution in [0.25, 0.3) is 11.3 Å². The number of carbonyl (C=O) groups excluding carboxylic acids is 1. The number of rotatable bonds is 2. The van der Waals surface area contributed by atoms with Gasteiger partial charge >= 0.3 is 6.09 Å². The third-order valence-corrected chi connectivity index (χ3v) is 2.62. The molecule has 2 aromatic heterocycles. The molecule has 1 N–H and O–H groups in total. The van der Waals surface area contributed by atoms with Crippen LogP contribution in [0.3, 0.4) is 0 Å². The molecule has 0 saturated carbocycles. The summed E-state index contributed by atoms with van der Waals surface area (Å²) in [5.41, 5.74) is 1.54. The maximum atomic E-state index is 12.1. The lowest BCUT2D eigenvalue weighted by Crippen LogP contribution is -2.27. The molecule has 2 aromatic rings. The highest BCUT2D eigenvalue weighted by molar-refractivity contribution is 5.78. The van der Waals surface area contributed by atoms with E-state index in [4.69, 9.17) is 9.84 Å². The lowest BCUT2D eigenvalue weighted by Gasteiger charge is -2.20.